The monoisotopic (exact) mass is 734 g/mol. The summed E-state index contributed by atoms with van der Waals surface area (Å²) in [6, 6.07) is 1.00. The summed E-state index contributed by atoms with van der Waals surface area (Å²) in [5.74, 6) is -0.173. The number of hydrogen-bond acceptors (Lipinski definition) is 3. The Labute approximate surface area is 278 Å². The third-order valence-corrected chi connectivity index (χ3v) is 10.9. The van der Waals surface area contributed by atoms with E-state index in [2.05, 4.69) is 5.32 Å². The number of amidine groups is 1. The van der Waals surface area contributed by atoms with E-state index in [1.54, 1.807) is 0 Å². The van der Waals surface area contributed by atoms with Crippen molar-refractivity contribution in [1.29, 1.82) is 0 Å². The van der Waals surface area contributed by atoms with Gasteiger partial charge in [-0.2, -0.15) is 0 Å². The number of halogens is 10. The minimum Gasteiger partial charge on any atom is -0.505 e. The Morgan fingerprint density at radius 1 is 0.564 bits per heavy atom. The Morgan fingerprint density at radius 3 is 1.41 bits per heavy atom. The zero-order valence-corrected chi connectivity index (χ0v) is 27.9. The van der Waals surface area contributed by atoms with Crippen molar-refractivity contribution in [3.63, 3.8) is 0 Å². The van der Waals surface area contributed by atoms with Crippen molar-refractivity contribution in [3.05, 3.63) is 50.2 Å². The number of aliphatic imine (C=N–C) groups is 1. The van der Waals surface area contributed by atoms with Crippen LogP contribution in [0.4, 0.5) is 0 Å². The first-order chi connectivity index (χ1) is 18.4. The molecule has 2 N–H and O–H groups in total. The Hall–Kier alpha value is 0.410. The number of benzene rings is 2. The normalized spacial score (nSPS) is 17.0. The molecule has 0 spiro atoms. The molecule has 2 aromatic carbocycles. The fourth-order valence-corrected chi connectivity index (χ4v) is 6.58. The lowest BCUT2D eigenvalue weighted by Crippen LogP contribution is -2.40. The summed E-state index contributed by atoms with van der Waals surface area (Å²) in [6.45, 7) is 0. The van der Waals surface area contributed by atoms with Crippen LogP contribution in [0.2, 0.25) is 50.2 Å². The molecule has 0 radical (unpaired) electrons. The first kappa shape index (κ1) is 33.9. The molecular weight excluding hydrogens is 715 g/mol. The van der Waals surface area contributed by atoms with Gasteiger partial charge in [0.2, 0.25) is 0 Å². The van der Waals surface area contributed by atoms with Crippen LogP contribution < -0.4 is 10.1 Å². The molecule has 2 saturated carbocycles. The molecule has 2 aliphatic rings. The fourth-order valence-electron chi connectivity index (χ4n) is 4.25. The van der Waals surface area contributed by atoms with Gasteiger partial charge in [0.25, 0.3) is 6.02 Å². The van der Waals surface area contributed by atoms with E-state index in [1.807, 2.05) is 0 Å². The van der Waals surface area contributed by atoms with E-state index in [9.17, 15) is 5.11 Å². The van der Waals surface area contributed by atoms with Gasteiger partial charge >= 0.3 is 0 Å². The maximum atomic E-state index is 9.20. The molecule has 14 heteroatoms. The van der Waals surface area contributed by atoms with Crippen molar-refractivity contribution in [3.8, 4) is 11.5 Å². The van der Waals surface area contributed by atoms with Crippen LogP contribution in [0.3, 0.4) is 0 Å². The Balaban J connectivity index is 0.000000293. The summed E-state index contributed by atoms with van der Waals surface area (Å²) >= 11 is 59.0. The molecule has 0 aliphatic heterocycles. The van der Waals surface area contributed by atoms with E-state index in [0.717, 1.165) is 25.7 Å². The summed E-state index contributed by atoms with van der Waals surface area (Å²) in [4.78, 5) is 4.84. The number of nitrogens with one attached hydrogen (secondary N) is 1. The highest BCUT2D eigenvalue weighted by atomic mass is 35.5. The van der Waals surface area contributed by atoms with Gasteiger partial charge < -0.3 is 15.2 Å². The number of hydrogen-bond donors (Lipinski definition) is 2. The summed E-state index contributed by atoms with van der Waals surface area (Å²) in [5, 5.41) is 13.1. The third-order valence-electron chi connectivity index (χ3n) is 6.36. The Kier molecular flexibility index (Phi) is 13.7. The van der Waals surface area contributed by atoms with Gasteiger partial charge in [-0.25, -0.2) is 4.99 Å². The first-order valence-electron chi connectivity index (χ1n) is 12.2. The molecule has 0 aromatic heterocycles. The van der Waals surface area contributed by atoms with Crippen LogP contribution in [-0.4, -0.2) is 23.2 Å². The standard InChI is InChI=1S/C19H23Cl5N2O.C6HCl5O/c20-13-14(21)16(23)18(17(24)15(13)22)27-19(25-11-7-3-1-4-8-11)26-12-9-5-2-6-10-12;7-1-2(8)4(10)6(12)5(11)3(1)9/h11-12H,1-10H2,(H,25,26);12H. The van der Waals surface area contributed by atoms with Gasteiger partial charge in [0.1, 0.15) is 20.1 Å². The maximum Gasteiger partial charge on any atom is 0.290 e. The van der Waals surface area contributed by atoms with Gasteiger partial charge in [-0.15, -0.1) is 0 Å². The lowest BCUT2D eigenvalue weighted by Gasteiger charge is -2.26. The molecule has 0 unspecified atom stereocenters. The van der Waals surface area contributed by atoms with Crippen LogP contribution in [0.15, 0.2) is 4.99 Å². The van der Waals surface area contributed by atoms with Gasteiger partial charge in [0.15, 0.2) is 11.5 Å². The third kappa shape index (κ3) is 8.72. The van der Waals surface area contributed by atoms with Gasteiger partial charge in [-0.3, -0.25) is 0 Å². The van der Waals surface area contributed by atoms with Crippen LogP contribution in [0.1, 0.15) is 64.2 Å². The van der Waals surface area contributed by atoms with Crippen LogP contribution in [0, 0.1) is 0 Å². The van der Waals surface area contributed by atoms with Crippen molar-refractivity contribution < 1.29 is 9.84 Å². The van der Waals surface area contributed by atoms with Gasteiger partial charge in [0.05, 0.1) is 36.2 Å². The lowest BCUT2D eigenvalue weighted by molar-refractivity contribution is 0.379. The van der Waals surface area contributed by atoms with E-state index < -0.39 is 0 Å². The number of aromatic hydroxyl groups is 1. The first-order valence-corrected chi connectivity index (χ1v) is 16.0. The molecular formula is C25H24Cl10N2O2. The lowest BCUT2D eigenvalue weighted by atomic mass is 9.95. The Bertz CT molecular complexity index is 1080. The average molecular weight is 739 g/mol. The van der Waals surface area contributed by atoms with Crippen molar-refractivity contribution in [2.45, 2.75) is 76.3 Å². The molecule has 2 aromatic rings. The molecule has 2 fully saturated rings. The molecule has 2 aliphatic carbocycles. The predicted molar refractivity (Wildman–Crippen MR) is 170 cm³/mol. The molecule has 0 heterocycles. The van der Waals surface area contributed by atoms with Gasteiger partial charge in [-0.05, 0) is 25.7 Å². The maximum absolute atomic E-state index is 9.20. The second-order valence-corrected chi connectivity index (χ2v) is 12.9. The zero-order chi connectivity index (χ0) is 28.9. The van der Waals surface area contributed by atoms with Gasteiger partial charge in [-0.1, -0.05) is 155 Å². The molecule has 0 amide bonds. The van der Waals surface area contributed by atoms with E-state index in [4.69, 9.17) is 126 Å². The molecule has 0 bridgehead atoms. The highest BCUT2D eigenvalue weighted by Gasteiger charge is 2.25. The van der Waals surface area contributed by atoms with E-state index in [0.29, 0.717) is 12.1 Å². The van der Waals surface area contributed by atoms with E-state index in [-0.39, 0.29) is 67.8 Å². The average Bonchev–Trinajstić information content (AvgIpc) is 2.95. The zero-order valence-electron chi connectivity index (χ0n) is 20.3. The summed E-state index contributed by atoms with van der Waals surface area (Å²) in [6.07, 6.45) is 11.6. The van der Waals surface area contributed by atoms with Crippen LogP contribution in [0.5, 0.6) is 11.5 Å². The van der Waals surface area contributed by atoms with Crippen LogP contribution >= 0.6 is 116 Å². The molecule has 39 heavy (non-hydrogen) atoms. The predicted octanol–water partition coefficient (Wildman–Crippen LogP) is 12.6. The fraction of sp³-hybridized carbons (Fsp3) is 0.480. The quantitative estimate of drug-likeness (QED) is 0.143. The van der Waals surface area contributed by atoms with Crippen molar-refractivity contribution in [2.75, 3.05) is 0 Å². The molecule has 0 atom stereocenters. The number of phenolic OH excluding ortho intramolecular Hbond substituents is 1. The van der Waals surface area contributed by atoms with Crippen LogP contribution in [-0.2, 0) is 0 Å². The summed E-state index contributed by atoms with van der Waals surface area (Å²) < 4.78 is 6.05. The van der Waals surface area contributed by atoms with Crippen molar-refractivity contribution in [2.24, 2.45) is 4.99 Å². The molecule has 4 rings (SSSR count). The van der Waals surface area contributed by atoms with Crippen molar-refractivity contribution >= 4 is 122 Å². The second-order valence-electron chi connectivity index (χ2n) is 9.12. The molecule has 216 valence electrons. The highest BCUT2D eigenvalue weighted by Crippen LogP contribution is 2.49. The second kappa shape index (κ2) is 15.8. The molecule has 0 saturated heterocycles. The number of rotatable bonds is 3. The largest absolute Gasteiger partial charge is 0.505 e. The minimum atomic E-state index is -0.363. The van der Waals surface area contributed by atoms with Gasteiger partial charge in [0, 0.05) is 6.04 Å². The van der Waals surface area contributed by atoms with E-state index >= 15 is 0 Å². The molecule has 4 nitrogen and oxygen atoms in total. The SMILES string of the molecule is Clc1c(Cl)c(Cl)c(OC(=NC2CCCCC2)NC2CCCCC2)c(Cl)c1Cl.Oc1c(Cl)c(Cl)c(Cl)c(Cl)c1Cl. The van der Waals surface area contributed by atoms with Crippen LogP contribution in [0.25, 0.3) is 0 Å². The topological polar surface area (TPSA) is 53.8 Å². The highest BCUT2D eigenvalue weighted by molar-refractivity contribution is 6.56. The summed E-state index contributed by atoms with van der Waals surface area (Å²) in [5.41, 5.74) is 0. The Morgan fingerprint density at radius 2 is 0.949 bits per heavy atom. The smallest absolute Gasteiger partial charge is 0.290 e. The number of phenols is 1. The minimum absolute atomic E-state index is 0.00904. The summed E-state index contributed by atoms with van der Waals surface area (Å²) in [7, 11) is 0. The van der Waals surface area contributed by atoms with E-state index in [1.165, 1.54) is 38.5 Å². The van der Waals surface area contributed by atoms with Crippen molar-refractivity contribution in [1.82, 2.24) is 5.32 Å². The number of nitrogens with zero attached hydrogens (tertiary/aromatic N) is 1. The number of ether oxygens (including phenoxy) is 1.